The zero-order valence-corrected chi connectivity index (χ0v) is 11.4. The van der Waals surface area contributed by atoms with E-state index in [1.54, 1.807) is 0 Å². The highest BCUT2D eigenvalue weighted by molar-refractivity contribution is 5.56. The molecule has 0 aliphatic carbocycles. The Hall–Kier alpha value is -1.37. The Kier molecular flexibility index (Phi) is 3.43. The second-order valence-corrected chi connectivity index (χ2v) is 4.98. The molecule has 1 aromatic carbocycles. The van der Waals surface area contributed by atoms with Crippen LogP contribution in [0.1, 0.15) is 53.0 Å². The quantitative estimate of drug-likeness (QED) is 0.827. The van der Waals surface area contributed by atoms with Crippen LogP contribution in [0.4, 0.5) is 0 Å². The standard InChI is InChI=1S/C15H19NO2/c1-5-11-6-12-10(4)13(7-16)8(2)9(3)14(12)15(17)18-11/h11,15,17H,5-6H2,1-4H3. The van der Waals surface area contributed by atoms with E-state index in [1.165, 1.54) is 0 Å². The predicted molar refractivity (Wildman–Crippen MR) is 69.2 cm³/mol. The largest absolute Gasteiger partial charge is 0.364 e. The van der Waals surface area contributed by atoms with E-state index in [1.807, 2.05) is 27.7 Å². The first-order valence-electron chi connectivity index (χ1n) is 6.37. The number of rotatable bonds is 1. The molecule has 0 fully saturated rings. The Morgan fingerprint density at radius 1 is 1.28 bits per heavy atom. The van der Waals surface area contributed by atoms with Gasteiger partial charge in [0.05, 0.1) is 17.7 Å². The molecule has 0 aromatic heterocycles. The molecule has 18 heavy (non-hydrogen) atoms. The van der Waals surface area contributed by atoms with Gasteiger partial charge in [0.2, 0.25) is 0 Å². The molecule has 3 heteroatoms. The summed E-state index contributed by atoms with van der Waals surface area (Å²) in [5, 5.41) is 19.4. The summed E-state index contributed by atoms with van der Waals surface area (Å²) in [6.45, 7) is 7.89. The van der Waals surface area contributed by atoms with Crippen LogP contribution < -0.4 is 0 Å². The molecule has 0 saturated heterocycles. The smallest absolute Gasteiger partial charge is 0.182 e. The predicted octanol–water partition coefficient (Wildman–Crippen LogP) is 2.83. The molecule has 0 radical (unpaired) electrons. The first-order valence-corrected chi connectivity index (χ1v) is 6.37. The van der Waals surface area contributed by atoms with Gasteiger partial charge in [0.15, 0.2) is 6.29 Å². The summed E-state index contributed by atoms with van der Waals surface area (Å²) in [7, 11) is 0. The van der Waals surface area contributed by atoms with Crippen molar-refractivity contribution in [2.24, 2.45) is 0 Å². The van der Waals surface area contributed by atoms with Crippen LogP contribution in [0.3, 0.4) is 0 Å². The highest BCUT2D eigenvalue weighted by atomic mass is 16.6. The normalized spacial score (nSPS) is 22.4. The molecular formula is C15H19NO2. The molecule has 0 bridgehead atoms. The number of hydrogen-bond acceptors (Lipinski definition) is 3. The van der Waals surface area contributed by atoms with Crippen LogP contribution in [-0.4, -0.2) is 11.2 Å². The van der Waals surface area contributed by atoms with Gasteiger partial charge in [-0.25, -0.2) is 0 Å². The molecule has 3 nitrogen and oxygen atoms in total. The lowest BCUT2D eigenvalue weighted by molar-refractivity contribution is -0.150. The minimum atomic E-state index is -0.858. The third kappa shape index (κ3) is 1.82. The van der Waals surface area contributed by atoms with E-state index < -0.39 is 6.29 Å². The number of benzene rings is 1. The van der Waals surface area contributed by atoms with Crippen LogP contribution in [0.2, 0.25) is 0 Å². The van der Waals surface area contributed by atoms with Gasteiger partial charge in [0.1, 0.15) is 0 Å². The zero-order valence-electron chi connectivity index (χ0n) is 11.4. The van der Waals surface area contributed by atoms with Crippen molar-refractivity contribution in [1.29, 1.82) is 5.26 Å². The van der Waals surface area contributed by atoms with Crippen molar-refractivity contribution in [3.05, 3.63) is 33.4 Å². The maximum absolute atomic E-state index is 10.2. The molecule has 1 aliphatic rings. The first-order chi connectivity index (χ1) is 8.51. The third-order valence-corrected chi connectivity index (χ3v) is 4.06. The van der Waals surface area contributed by atoms with Crippen LogP contribution in [0.5, 0.6) is 0 Å². The van der Waals surface area contributed by atoms with Crippen LogP contribution in [0.15, 0.2) is 0 Å². The second kappa shape index (κ2) is 4.72. The second-order valence-electron chi connectivity index (χ2n) is 4.98. The van der Waals surface area contributed by atoms with E-state index in [0.717, 1.165) is 46.2 Å². The van der Waals surface area contributed by atoms with Gasteiger partial charge in [-0.05, 0) is 55.9 Å². The van der Waals surface area contributed by atoms with Gasteiger partial charge >= 0.3 is 0 Å². The highest BCUT2D eigenvalue weighted by Crippen LogP contribution is 2.37. The van der Waals surface area contributed by atoms with Gasteiger partial charge in [-0.2, -0.15) is 5.26 Å². The van der Waals surface area contributed by atoms with E-state index in [2.05, 4.69) is 6.07 Å². The van der Waals surface area contributed by atoms with E-state index >= 15 is 0 Å². The van der Waals surface area contributed by atoms with Crippen LogP contribution in [-0.2, 0) is 11.2 Å². The topological polar surface area (TPSA) is 53.2 Å². The number of nitrogens with zero attached hydrogens (tertiary/aromatic N) is 1. The maximum atomic E-state index is 10.2. The number of nitriles is 1. The third-order valence-electron chi connectivity index (χ3n) is 4.06. The summed E-state index contributed by atoms with van der Waals surface area (Å²) in [6, 6.07) is 2.28. The Labute approximate surface area is 108 Å². The van der Waals surface area contributed by atoms with Gasteiger partial charge in [-0.15, -0.1) is 0 Å². The molecule has 1 aliphatic heterocycles. The number of aliphatic hydroxyl groups is 1. The lowest BCUT2D eigenvalue weighted by atomic mass is 9.84. The van der Waals surface area contributed by atoms with Crippen molar-refractivity contribution < 1.29 is 9.84 Å². The average Bonchev–Trinajstić information content (AvgIpc) is 2.36. The minimum absolute atomic E-state index is 0.0415. The first kappa shape index (κ1) is 13.1. The summed E-state index contributed by atoms with van der Waals surface area (Å²) in [6.07, 6.45) is 0.832. The molecule has 0 saturated carbocycles. The Morgan fingerprint density at radius 3 is 2.50 bits per heavy atom. The fraction of sp³-hybridized carbons (Fsp3) is 0.533. The number of aliphatic hydroxyl groups excluding tert-OH is 1. The number of fused-ring (bicyclic) bond motifs is 1. The maximum Gasteiger partial charge on any atom is 0.182 e. The van der Waals surface area contributed by atoms with Gasteiger partial charge in [0, 0.05) is 5.56 Å². The molecule has 1 aromatic rings. The lowest BCUT2D eigenvalue weighted by Gasteiger charge is -2.32. The molecular weight excluding hydrogens is 226 g/mol. The SMILES string of the molecule is CCC1Cc2c(C)c(C#N)c(C)c(C)c2C(O)O1. The lowest BCUT2D eigenvalue weighted by Crippen LogP contribution is -2.28. The summed E-state index contributed by atoms with van der Waals surface area (Å²) in [4.78, 5) is 0. The summed E-state index contributed by atoms with van der Waals surface area (Å²) < 4.78 is 5.60. The summed E-state index contributed by atoms with van der Waals surface area (Å²) >= 11 is 0. The molecule has 1 N–H and O–H groups in total. The van der Waals surface area contributed by atoms with E-state index in [-0.39, 0.29) is 6.10 Å². The number of hydrogen-bond donors (Lipinski definition) is 1. The fourth-order valence-electron chi connectivity index (χ4n) is 2.78. The monoisotopic (exact) mass is 245 g/mol. The Bertz CT molecular complexity index is 529. The molecule has 0 spiro atoms. The molecule has 0 amide bonds. The minimum Gasteiger partial charge on any atom is -0.364 e. The van der Waals surface area contributed by atoms with Crippen molar-refractivity contribution in [3.63, 3.8) is 0 Å². The van der Waals surface area contributed by atoms with Crippen molar-refractivity contribution in [2.75, 3.05) is 0 Å². The number of ether oxygens (including phenoxy) is 1. The van der Waals surface area contributed by atoms with Gasteiger partial charge in [-0.1, -0.05) is 6.92 Å². The van der Waals surface area contributed by atoms with Crippen molar-refractivity contribution >= 4 is 0 Å². The molecule has 2 unspecified atom stereocenters. The average molecular weight is 245 g/mol. The summed E-state index contributed by atoms with van der Waals surface area (Å²) in [5.41, 5.74) is 5.64. The molecule has 2 atom stereocenters. The molecule has 96 valence electrons. The van der Waals surface area contributed by atoms with Gasteiger partial charge in [0.25, 0.3) is 0 Å². The van der Waals surface area contributed by atoms with Crippen LogP contribution >= 0.6 is 0 Å². The van der Waals surface area contributed by atoms with Crippen molar-refractivity contribution in [3.8, 4) is 6.07 Å². The highest BCUT2D eigenvalue weighted by Gasteiger charge is 2.30. The fourth-order valence-corrected chi connectivity index (χ4v) is 2.78. The van der Waals surface area contributed by atoms with Crippen molar-refractivity contribution in [2.45, 2.75) is 52.9 Å². The van der Waals surface area contributed by atoms with E-state index in [9.17, 15) is 10.4 Å². The van der Waals surface area contributed by atoms with Gasteiger partial charge < -0.3 is 9.84 Å². The van der Waals surface area contributed by atoms with Crippen molar-refractivity contribution in [1.82, 2.24) is 0 Å². The van der Waals surface area contributed by atoms with E-state index in [0.29, 0.717) is 0 Å². The molecule has 1 heterocycles. The van der Waals surface area contributed by atoms with E-state index in [4.69, 9.17) is 4.74 Å². The summed E-state index contributed by atoms with van der Waals surface area (Å²) in [5.74, 6) is 0. The Balaban J connectivity index is 2.69. The van der Waals surface area contributed by atoms with Gasteiger partial charge in [-0.3, -0.25) is 0 Å². The Morgan fingerprint density at radius 2 is 1.94 bits per heavy atom. The van der Waals surface area contributed by atoms with Crippen LogP contribution in [0, 0.1) is 32.1 Å². The molecule has 2 rings (SSSR count). The van der Waals surface area contributed by atoms with Crippen LogP contribution in [0.25, 0.3) is 0 Å². The zero-order chi connectivity index (χ0) is 13.4.